The van der Waals surface area contributed by atoms with E-state index >= 15 is 0 Å². The summed E-state index contributed by atoms with van der Waals surface area (Å²) >= 11 is 2.08. The predicted octanol–water partition coefficient (Wildman–Crippen LogP) is 2.91. The third-order valence-electron chi connectivity index (χ3n) is 3.45. The molecule has 3 nitrogen and oxygen atoms in total. The fourth-order valence-electron chi connectivity index (χ4n) is 2.50. The van der Waals surface area contributed by atoms with Crippen molar-refractivity contribution in [2.45, 2.75) is 51.6 Å². The number of thioether (sulfide) groups is 1. The molecule has 0 aromatic carbocycles. The average molecular weight is 293 g/mol. The topological polar surface area (TPSA) is 28.2 Å². The molecule has 1 N–H and O–H groups in total. The summed E-state index contributed by atoms with van der Waals surface area (Å²) in [5.74, 6) is 1.22. The summed E-state index contributed by atoms with van der Waals surface area (Å²) in [6.07, 6.45) is 0. The number of nitrogens with zero attached hydrogens (tertiary/aromatic N) is 2. The zero-order chi connectivity index (χ0) is 14.6. The van der Waals surface area contributed by atoms with Crippen molar-refractivity contribution in [3.8, 4) is 0 Å². The van der Waals surface area contributed by atoms with Crippen LogP contribution in [0.5, 0.6) is 0 Å². The van der Waals surface area contributed by atoms with Gasteiger partial charge in [0.2, 0.25) is 0 Å². The number of aromatic nitrogens is 1. The molecule has 1 saturated heterocycles. The molecule has 20 heavy (non-hydrogen) atoms. The Hall–Kier alpha value is -0.580. The van der Waals surface area contributed by atoms with Crippen LogP contribution >= 0.6 is 11.8 Å². The SMILES string of the molecule is CC(C)NCc1cccc(CN2CCSC(C)(C)C2)n1. The molecule has 1 aliphatic rings. The fraction of sp³-hybridized carbons (Fsp3) is 0.688. The van der Waals surface area contributed by atoms with E-state index in [2.05, 4.69) is 67.9 Å². The first-order valence-corrected chi connectivity index (χ1v) is 8.48. The van der Waals surface area contributed by atoms with Crippen molar-refractivity contribution in [2.75, 3.05) is 18.8 Å². The van der Waals surface area contributed by atoms with Crippen LogP contribution in [0.25, 0.3) is 0 Å². The van der Waals surface area contributed by atoms with Crippen molar-refractivity contribution in [3.05, 3.63) is 29.6 Å². The van der Waals surface area contributed by atoms with E-state index in [9.17, 15) is 0 Å². The van der Waals surface area contributed by atoms with Crippen LogP contribution in [0.15, 0.2) is 18.2 Å². The predicted molar refractivity (Wildman–Crippen MR) is 88.0 cm³/mol. The summed E-state index contributed by atoms with van der Waals surface area (Å²) in [6, 6.07) is 6.88. The first kappa shape index (κ1) is 15.8. The normalized spacial score (nSPS) is 19.4. The summed E-state index contributed by atoms with van der Waals surface area (Å²) < 4.78 is 0.370. The van der Waals surface area contributed by atoms with E-state index in [4.69, 9.17) is 4.98 Å². The highest BCUT2D eigenvalue weighted by atomic mass is 32.2. The minimum absolute atomic E-state index is 0.370. The quantitative estimate of drug-likeness (QED) is 0.903. The maximum Gasteiger partial charge on any atom is 0.0547 e. The maximum absolute atomic E-state index is 4.78. The molecule has 1 aliphatic heterocycles. The lowest BCUT2D eigenvalue weighted by Gasteiger charge is -2.37. The molecular weight excluding hydrogens is 266 g/mol. The summed E-state index contributed by atoms with van der Waals surface area (Å²) in [5, 5.41) is 3.43. The highest BCUT2D eigenvalue weighted by Gasteiger charge is 2.26. The zero-order valence-corrected chi connectivity index (χ0v) is 14.0. The lowest BCUT2D eigenvalue weighted by molar-refractivity contribution is 0.249. The van der Waals surface area contributed by atoms with Crippen LogP contribution in [0.1, 0.15) is 39.1 Å². The second-order valence-electron chi connectivity index (χ2n) is 6.47. The van der Waals surface area contributed by atoms with E-state index < -0.39 is 0 Å². The highest BCUT2D eigenvalue weighted by Crippen LogP contribution is 2.29. The second-order valence-corrected chi connectivity index (χ2v) is 8.28. The van der Waals surface area contributed by atoms with E-state index in [1.165, 1.54) is 18.0 Å². The molecule has 1 aromatic rings. The van der Waals surface area contributed by atoms with Crippen LogP contribution in [0.4, 0.5) is 0 Å². The molecule has 0 saturated carbocycles. The first-order chi connectivity index (χ1) is 9.44. The summed E-state index contributed by atoms with van der Waals surface area (Å²) in [4.78, 5) is 7.30. The minimum Gasteiger partial charge on any atom is -0.309 e. The minimum atomic E-state index is 0.370. The molecule has 4 heteroatoms. The van der Waals surface area contributed by atoms with Crippen LogP contribution in [-0.4, -0.2) is 39.5 Å². The van der Waals surface area contributed by atoms with Crippen LogP contribution in [0, 0.1) is 0 Å². The van der Waals surface area contributed by atoms with Crippen LogP contribution in [0.2, 0.25) is 0 Å². The van der Waals surface area contributed by atoms with Gasteiger partial charge in [-0.1, -0.05) is 19.9 Å². The summed E-state index contributed by atoms with van der Waals surface area (Å²) in [6.45, 7) is 13.1. The molecular formula is C16H27N3S. The standard InChI is InChI=1S/C16H27N3S/c1-13(2)17-10-14-6-5-7-15(18-14)11-19-8-9-20-16(3,4)12-19/h5-7,13,17H,8-12H2,1-4H3. The van der Waals surface area contributed by atoms with Crippen LogP contribution in [-0.2, 0) is 13.1 Å². The van der Waals surface area contributed by atoms with Crippen LogP contribution < -0.4 is 5.32 Å². The van der Waals surface area contributed by atoms with Crippen molar-refractivity contribution in [2.24, 2.45) is 0 Å². The molecule has 2 heterocycles. The Morgan fingerprint density at radius 1 is 1.35 bits per heavy atom. The molecule has 0 aliphatic carbocycles. The lowest BCUT2D eigenvalue weighted by atomic mass is 10.1. The Morgan fingerprint density at radius 2 is 2.10 bits per heavy atom. The van der Waals surface area contributed by atoms with E-state index in [0.717, 1.165) is 25.3 Å². The Balaban J connectivity index is 1.93. The second kappa shape index (κ2) is 6.92. The molecule has 0 atom stereocenters. The summed E-state index contributed by atoms with van der Waals surface area (Å²) in [5.41, 5.74) is 2.33. The number of nitrogens with one attached hydrogen (secondary N) is 1. The van der Waals surface area contributed by atoms with Gasteiger partial charge in [-0.05, 0) is 26.0 Å². The Kier molecular flexibility index (Phi) is 5.47. The maximum atomic E-state index is 4.78. The Morgan fingerprint density at radius 3 is 2.80 bits per heavy atom. The lowest BCUT2D eigenvalue weighted by Crippen LogP contribution is -2.42. The molecule has 0 radical (unpaired) electrons. The molecule has 0 bridgehead atoms. The van der Waals surface area contributed by atoms with E-state index in [1.807, 2.05) is 0 Å². The van der Waals surface area contributed by atoms with Gasteiger partial charge in [0, 0.05) is 42.7 Å². The summed E-state index contributed by atoms with van der Waals surface area (Å²) in [7, 11) is 0. The molecule has 1 aromatic heterocycles. The Labute approximate surface area is 127 Å². The van der Waals surface area contributed by atoms with Crippen LogP contribution in [0.3, 0.4) is 0 Å². The molecule has 1 fully saturated rings. The van der Waals surface area contributed by atoms with Gasteiger partial charge >= 0.3 is 0 Å². The van der Waals surface area contributed by atoms with Gasteiger partial charge in [0.1, 0.15) is 0 Å². The van der Waals surface area contributed by atoms with Gasteiger partial charge < -0.3 is 5.32 Å². The zero-order valence-electron chi connectivity index (χ0n) is 13.1. The van der Waals surface area contributed by atoms with E-state index in [-0.39, 0.29) is 0 Å². The first-order valence-electron chi connectivity index (χ1n) is 7.49. The molecule has 112 valence electrons. The van der Waals surface area contributed by atoms with E-state index in [0.29, 0.717) is 10.8 Å². The van der Waals surface area contributed by atoms with Crippen molar-refractivity contribution in [1.29, 1.82) is 0 Å². The van der Waals surface area contributed by atoms with Gasteiger partial charge in [0.25, 0.3) is 0 Å². The van der Waals surface area contributed by atoms with Gasteiger partial charge in [-0.3, -0.25) is 9.88 Å². The van der Waals surface area contributed by atoms with Gasteiger partial charge in [0.05, 0.1) is 11.4 Å². The third-order valence-corrected chi connectivity index (χ3v) is 4.74. The smallest absolute Gasteiger partial charge is 0.0547 e. The average Bonchev–Trinajstić information content (AvgIpc) is 2.35. The largest absolute Gasteiger partial charge is 0.309 e. The van der Waals surface area contributed by atoms with Crippen molar-refractivity contribution in [3.63, 3.8) is 0 Å². The molecule has 0 unspecified atom stereocenters. The fourth-order valence-corrected chi connectivity index (χ4v) is 3.68. The van der Waals surface area contributed by atoms with Crippen molar-refractivity contribution in [1.82, 2.24) is 15.2 Å². The molecule has 2 rings (SSSR count). The number of hydrogen-bond acceptors (Lipinski definition) is 4. The van der Waals surface area contributed by atoms with Crippen molar-refractivity contribution >= 4 is 11.8 Å². The van der Waals surface area contributed by atoms with Crippen molar-refractivity contribution < 1.29 is 0 Å². The molecule has 0 amide bonds. The van der Waals surface area contributed by atoms with Gasteiger partial charge in [-0.25, -0.2) is 0 Å². The van der Waals surface area contributed by atoms with Gasteiger partial charge in [0.15, 0.2) is 0 Å². The third kappa shape index (κ3) is 5.08. The monoisotopic (exact) mass is 293 g/mol. The number of hydrogen-bond donors (Lipinski definition) is 1. The molecule has 0 spiro atoms. The van der Waals surface area contributed by atoms with E-state index in [1.54, 1.807) is 0 Å². The highest BCUT2D eigenvalue weighted by molar-refractivity contribution is 8.00. The van der Waals surface area contributed by atoms with Gasteiger partial charge in [-0.2, -0.15) is 11.8 Å². The van der Waals surface area contributed by atoms with Gasteiger partial charge in [-0.15, -0.1) is 0 Å². The number of rotatable bonds is 5. The number of pyridine rings is 1. The Bertz CT molecular complexity index is 431.